The SMILES string of the molecule is CC/C=C\C/C=C\C/C=C\C/C=C\C/C=C\C/C=C\C/C=C\CCCC(=O)NC(COC1OC(CO)C(OC2OC(CO)C(O)C(O)C2O)C(O)C1O)C(O)CCCCCCCCCCCCCCCCCCC. The second-order valence-electron chi connectivity index (χ2n) is 20.0. The Balaban J connectivity index is 1.81. The Morgan fingerprint density at radius 1 is 0.500 bits per heavy atom. The van der Waals surface area contributed by atoms with E-state index in [0.717, 1.165) is 70.6 Å². The summed E-state index contributed by atoms with van der Waals surface area (Å²) in [6.07, 6.45) is 42.9. The van der Waals surface area contributed by atoms with Crippen molar-refractivity contribution in [3.8, 4) is 0 Å². The second-order valence-corrected chi connectivity index (χ2v) is 20.0. The van der Waals surface area contributed by atoms with Gasteiger partial charge >= 0.3 is 0 Å². The molecule has 0 bridgehead atoms. The van der Waals surface area contributed by atoms with Gasteiger partial charge in [0, 0.05) is 6.42 Å². The highest BCUT2D eigenvalue weighted by molar-refractivity contribution is 5.76. The summed E-state index contributed by atoms with van der Waals surface area (Å²) in [4.78, 5) is 13.2. The number of carbonyl (C=O) groups excluding carboxylic acids is 1. The van der Waals surface area contributed by atoms with Gasteiger partial charge in [-0.2, -0.15) is 0 Å². The molecular formula is C60H103NO13. The van der Waals surface area contributed by atoms with E-state index in [0.29, 0.717) is 19.3 Å². The Labute approximate surface area is 446 Å². The number of allylic oxidation sites excluding steroid dienone is 14. The Bertz CT molecular complexity index is 1560. The highest BCUT2D eigenvalue weighted by Gasteiger charge is 2.51. The van der Waals surface area contributed by atoms with Crippen molar-refractivity contribution < 1.29 is 64.6 Å². The molecular weight excluding hydrogens is 943 g/mol. The number of ether oxygens (including phenoxy) is 4. The minimum absolute atomic E-state index is 0.220. The smallest absolute Gasteiger partial charge is 0.220 e. The second kappa shape index (κ2) is 45.2. The summed E-state index contributed by atoms with van der Waals surface area (Å²) in [6, 6.07) is -0.865. The molecule has 0 aromatic heterocycles. The van der Waals surface area contributed by atoms with Gasteiger partial charge in [0.1, 0.15) is 48.8 Å². The summed E-state index contributed by atoms with van der Waals surface area (Å²) in [5.74, 6) is -0.267. The van der Waals surface area contributed by atoms with E-state index in [1.54, 1.807) is 0 Å². The first-order valence-corrected chi connectivity index (χ1v) is 28.8. The van der Waals surface area contributed by atoms with E-state index in [2.05, 4.69) is 104 Å². The van der Waals surface area contributed by atoms with Crippen LogP contribution < -0.4 is 5.32 Å². The van der Waals surface area contributed by atoms with Crippen LogP contribution in [0.2, 0.25) is 0 Å². The van der Waals surface area contributed by atoms with Crippen molar-refractivity contribution >= 4 is 5.91 Å². The standard InChI is InChI=1S/C60H103NO13/c1-3-5-7-9-11-13-15-17-19-21-22-23-24-25-26-28-30-32-34-36-38-40-42-44-52(65)61-48(49(64)43-41-39-37-35-33-31-29-27-20-18-16-14-12-10-8-6-4-2)47-71-59-57(70)55(68)58(51(46-63)73-59)74-60-56(69)54(67)53(66)50(45-62)72-60/h5,7,11,13,17,19,22-23,25-26,30,32,36,38,48-51,53-60,62-64,66-70H,3-4,6,8-10,12,14-16,18,20-21,24,27-29,31,33-35,37,39-47H2,1-2H3,(H,61,65)/b7-5-,13-11-,19-17-,23-22-,26-25-,32-30-,38-36-. The summed E-state index contributed by atoms with van der Waals surface area (Å²) in [5, 5.41) is 87.1. The van der Waals surface area contributed by atoms with E-state index in [1.807, 2.05) is 0 Å². The predicted molar refractivity (Wildman–Crippen MR) is 295 cm³/mol. The molecule has 426 valence electrons. The Kier molecular flexibility index (Phi) is 41.1. The van der Waals surface area contributed by atoms with Crippen LogP contribution in [0.15, 0.2) is 85.1 Å². The molecule has 14 nitrogen and oxygen atoms in total. The summed E-state index contributed by atoms with van der Waals surface area (Å²) in [6.45, 7) is 2.70. The quantitative estimate of drug-likeness (QED) is 0.0205. The van der Waals surface area contributed by atoms with E-state index in [-0.39, 0.29) is 18.9 Å². The molecule has 74 heavy (non-hydrogen) atoms. The van der Waals surface area contributed by atoms with Crippen molar-refractivity contribution in [3.63, 3.8) is 0 Å². The van der Waals surface area contributed by atoms with E-state index in [1.165, 1.54) is 83.5 Å². The molecule has 0 saturated carbocycles. The van der Waals surface area contributed by atoms with Crippen LogP contribution >= 0.6 is 0 Å². The number of carbonyl (C=O) groups is 1. The first kappa shape index (κ1) is 67.3. The molecule has 0 aromatic rings. The largest absolute Gasteiger partial charge is 0.394 e. The number of rotatable bonds is 44. The highest BCUT2D eigenvalue weighted by atomic mass is 16.7. The number of hydrogen-bond donors (Lipinski definition) is 9. The third-order valence-corrected chi connectivity index (χ3v) is 13.6. The van der Waals surface area contributed by atoms with Crippen LogP contribution in [0, 0.1) is 0 Å². The fraction of sp³-hybridized carbons (Fsp3) is 0.750. The number of unbranched alkanes of at least 4 members (excludes halogenated alkanes) is 17. The first-order chi connectivity index (χ1) is 36.1. The van der Waals surface area contributed by atoms with Crippen molar-refractivity contribution in [2.24, 2.45) is 0 Å². The summed E-state index contributed by atoms with van der Waals surface area (Å²) in [5.41, 5.74) is 0. The van der Waals surface area contributed by atoms with Gasteiger partial charge < -0.3 is 65.1 Å². The fourth-order valence-electron chi connectivity index (χ4n) is 8.99. The van der Waals surface area contributed by atoms with E-state index in [9.17, 15) is 45.6 Å². The lowest BCUT2D eigenvalue weighted by Crippen LogP contribution is -2.65. The predicted octanol–water partition coefficient (Wildman–Crippen LogP) is 9.33. The topological polar surface area (TPSA) is 228 Å². The maximum atomic E-state index is 13.2. The molecule has 12 atom stereocenters. The van der Waals surface area contributed by atoms with Gasteiger partial charge in [0.2, 0.25) is 5.91 Å². The molecule has 14 heteroatoms. The van der Waals surface area contributed by atoms with Gasteiger partial charge in [0.25, 0.3) is 0 Å². The lowest BCUT2D eigenvalue weighted by Gasteiger charge is -2.46. The lowest BCUT2D eigenvalue weighted by atomic mass is 9.97. The van der Waals surface area contributed by atoms with E-state index < -0.39 is 86.8 Å². The minimum Gasteiger partial charge on any atom is -0.394 e. The molecule has 1 amide bonds. The first-order valence-electron chi connectivity index (χ1n) is 28.8. The number of aliphatic hydroxyl groups excluding tert-OH is 8. The maximum Gasteiger partial charge on any atom is 0.220 e. The van der Waals surface area contributed by atoms with Crippen molar-refractivity contribution in [1.82, 2.24) is 5.32 Å². The summed E-state index contributed by atoms with van der Waals surface area (Å²) < 4.78 is 22.8. The monoisotopic (exact) mass is 1050 g/mol. The average Bonchev–Trinajstić information content (AvgIpc) is 3.40. The molecule has 2 fully saturated rings. The minimum atomic E-state index is -1.79. The Morgan fingerprint density at radius 2 is 0.919 bits per heavy atom. The molecule has 0 aromatic carbocycles. The zero-order valence-electron chi connectivity index (χ0n) is 45.6. The zero-order valence-corrected chi connectivity index (χ0v) is 45.6. The molecule has 2 saturated heterocycles. The van der Waals surface area contributed by atoms with Crippen LogP contribution in [0.25, 0.3) is 0 Å². The number of nitrogens with one attached hydrogen (secondary N) is 1. The van der Waals surface area contributed by atoms with Gasteiger partial charge in [0.15, 0.2) is 12.6 Å². The third-order valence-electron chi connectivity index (χ3n) is 13.6. The van der Waals surface area contributed by atoms with Crippen molar-refractivity contribution in [2.45, 2.75) is 267 Å². The number of hydrogen-bond acceptors (Lipinski definition) is 13. The van der Waals surface area contributed by atoms with Crippen molar-refractivity contribution in [3.05, 3.63) is 85.1 Å². The summed E-state index contributed by atoms with van der Waals surface area (Å²) in [7, 11) is 0. The van der Waals surface area contributed by atoms with Gasteiger partial charge in [-0.1, -0.05) is 208 Å². The van der Waals surface area contributed by atoms with Gasteiger partial charge in [-0.3, -0.25) is 4.79 Å². The molecule has 2 aliphatic heterocycles. The molecule has 2 rings (SSSR count). The lowest BCUT2D eigenvalue weighted by molar-refractivity contribution is -0.359. The molecule has 0 radical (unpaired) electrons. The van der Waals surface area contributed by atoms with Gasteiger partial charge in [-0.25, -0.2) is 0 Å². The molecule has 9 N–H and O–H groups in total. The molecule has 12 unspecified atom stereocenters. The average molecular weight is 1050 g/mol. The molecule has 0 spiro atoms. The van der Waals surface area contributed by atoms with Crippen LogP contribution in [0.4, 0.5) is 0 Å². The van der Waals surface area contributed by atoms with Gasteiger partial charge in [0.05, 0.1) is 32.0 Å². The molecule has 2 heterocycles. The zero-order chi connectivity index (χ0) is 53.9. The van der Waals surface area contributed by atoms with Crippen LogP contribution in [0.1, 0.15) is 194 Å². The van der Waals surface area contributed by atoms with E-state index >= 15 is 0 Å². The van der Waals surface area contributed by atoms with Gasteiger partial charge in [-0.05, 0) is 64.2 Å². The fourth-order valence-corrected chi connectivity index (χ4v) is 8.99. The number of amides is 1. The van der Waals surface area contributed by atoms with E-state index in [4.69, 9.17) is 18.9 Å². The number of aliphatic hydroxyl groups is 8. The maximum absolute atomic E-state index is 13.2. The van der Waals surface area contributed by atoms with Crippen LogP contribution in [-0.2, 0) is 23.7 Å². The highest BCUT2D eigenvalue weighted by Crippen LogP contribution is 2.30. The molecule has 2 aliphatic rings. The third kappa shape index (κ3) is 30.8. The van der Waals surface area contributed by atoms with Crippen molar-refractivity contribution in [2.75, 3.05) is 19.8 Å². The normalized spacial score (nSPS) is 25.9. The van der Waals surface area contributed by atoms with Crippen LogP contribution in [-0.4, -0.2) is 140 Å². The van der Waals surface area contributed by atoms with Crippen LogP contribution in [0.3, 0.4) is 0 Å². The Morgan fingerprint density at radius 3 is 1.38 bits per heavy atom. The van der Waals surface area contributed by atoms with Gasteiger partial charge in [-0.15, -0.1) is 0 Å². The molecule has 0 aliphatic carbocycles. The summed E-state index contributed by atoms with van der Waals surface area (Å²) >= 11 is 0. The van der Waals surface area contributed by atoms with Crippen LogP contribution in [0.5, 0.6) is 0 Å². The van der Waals surface area contributed by atoms with Crippen molar-refractivity contribution in [1.29, 1.82) is 0 Å². The Hall–Kier alpha value is -2.83.